The molecule has 110 valence electrons. The number of thiazole rings is 1. The van der Waals surface area contributed by atoms with Crippen LogP contribution in [0.25, 0.3) is 0 Å². The number of nitrogens with one attached hydrogen (secondary N) is 2. The Morgan fingerprint density at radius 3 is 2.86 bits per heavy atom. The van der Waals surface area contributed by atoms with Crippen LogP contribution in [-0.2, 0) is 6.54 Å². The van der Waals surface area contributed by atoms with E-state index in [-0.39, 0.29) is 12.2 Å². The molecule has 0 aliphatic rings. The second-order valence-electron chi connectivity index (χ2n) is 4.15. The average molecular weight is 309 g/mol. The lowest BCUT2D eigenvalue weighted by Crippen LogP contribution is -2.28. The van der Waals surface area contributed by atoms with Gasteiger partial charge in [-0.25, -0.2) is 19.0 Å². The summed E-state index contributed by atoms with van der Waals surface area (Å²) in [6, 6.07) is 3.87. The minimum absolute atomic E-state index is 0.0572. The molecule has 3 N–H and O–H groups in total. The summed E-state index contributed by atoms with van der Waals surface area (Å²) < 4.78 is 13.3. The Bertz CT molecular complexity index is 687. The van der Waals surface area contributed by atoms with Crippen molar-refractivity contribution in [3.8, 4) is 0 Å². The van der Waals surface area contributed by atoms with Gasteiger partial charge >= 0.3 is 12.0 Å². The van der Waals surface area contributed by atoms with Crippen molar-refractivity contribution in [2.75, 3.05) is 5.32 Å². The molecule has 2 amide bonds. The Hall–Kier alpha value is -2.48. The first-order valence-electron chi connectivity index (χ1n) is 5.95. The number of amides is 2. The fourth-order valence-corrected chi connectivity index (χ4v) is 2.26. The summed E-state index contributed by atoms with van der Waals surface area (Å²) in [5, 5.41) is 15.7. The number of carbonyl (C=O) groups is 2. The fraction of sp³-hybridized carbons (Fsp3) is 0.154. The highest BCUT2D eigenvalue weighted by Gasteiger charge is 2.10. The lowest BCUT2D eigenvalue weighted by molar-refractivity contribution is 0.0691. The van der Waals surface area contributed by atoms with Gasteiger partial charge in [0.1, 0.15) is 10.8 Å². The average Bonchev–Trinajstić information content (AvgIpc) is 2.91. The van der Waals surface area contributed by atoms with Crippen LogP contribution in [0.1, 0.15) is 21.1 Å². The van der Waals surface area contributed by atoms with Gasteiger partial charge in [0.05, 0.1) is 6.54 Å². The maximum Gasteiger partial charge on any atom is 0.355 e. The quantitative estimate of drug-likeness (QED) is 0.809. The molecule has 0 atom stereocenters. The second-order valence-corrected chi connectivity index (χ2v) is 5.09. The van der Waals surface area contributed by atoms with Crippen molar-refractivity contribution in [2.24, 2.45) is 0 Å². The Balaban J connectivity index is 1.92. The maximum absolute atomic E-state index is 13.3. The first-order chi connectivity index (χ1) is 9.97. The summed E-state index contributed by atoms with van der Waals surface area (Å²) in [5.41, 5.74) is 0.658. The summed E-state index contributed by atoms with van der Waals surface area (Å²) >= 11 is 1.14. The number of nitrogens with zero attached hydrogens (tertiary/aromatic N) is 1. The van der Waals surface area contributed by atoms with Crippen LogP contribution in [0.15, 0.2) is 23.6 Å². The highest BCUT2D eigenvalue weighted by Crippen LogP contribution is 2.17. The SMILES string of the molecule is Cc1c(F)cccc1NC(=O)NCc1nc(C(=O)O)cs1. The van der Waals surface area contributed by atoms with Crippen LogP contribution in [0.3, 0.4) is 0 Å². The van der Waals surface area contributed by atoms with Gasteiger partial charge in [-0.2, -0.15) is 0 Å². The molecular weight excluding hydrogens is 297 g/mol. The van der Waals surface area contributed by atoms with Crippen molar-refractivity contribution in [2.45, 2.75) is 13.5 Å². The monoisotopic (exact) mass is 309 g/mol. The van der Waals surface area contributed by atoms with Gasteiger partial charge in [0, 0.05) is 16.6 Å². The predicted molar refractivity (Wildman–Crippen MR) is 76.1 cm³/mol. The molecule has 1 heterocycles. The number of aromatic nitrogens is 1. The number of aromatic carboxylic acids is 1. The van der Waals surface area contributed by atoms with Crippen LogP contribution in [0.2, 0.25) is 0 Å². The third-order valence-electron chi connectivity index (χ3n) is 2.69. The smallest absolute Gasteiger partial charge is 0.355 e. The molecule has 21 heavy (non-hydrogen) atoms. The first kappa shape index (κ1) is 14.9. The molecule has 0 radical (unpaired) electrons. The molecule has 1 aromatic carbocycles. The lowest BCUT2D eigenvalue weighted by Gasteiger charge is -2.09. The topological polar surface area (TPSA) is 91.3 Å². The lowest BCUT2D eigenvalue weighted by atomic mass is 10.2. The maximum atomic E-state index is 13.3. The minimum atomic E-state index is -1.11. The molecule has 0 bridgehead atoms. The van der Waals surface area contributed by atoms with Gasteiger partial charge in [0.15, 0.2) is 5.69 Å². The molecule has 1 aromatic heterocycles. The normalized spacial score (nSPS) is 10.2. The van der Waals surface area contributed by atoms with Crippen LogP contribution < -0.4 is 10.6 Å². The minimum Gasteiger partial charge on any atom is -0.476 e. The summed E-state index contributed by atoms with van der Waals surface area (Å²) in [6.45, 7) is 1.66. The Morgan fingerprint density at radius 2 is 2.19 bits per heavy atom. The van der Waals surface area contributed by atoms with E-state index in [1.807, 2.05) is 0 Å². The summed E-state index contributed by atoms with van der Waals surface area (Å²) in [4.78, 5) is 26.2. The van der Waals surface area contributed by atoms with Crippen LogP contribution in [0.5, 0.6) is 0 Å². The third kappa shape index (κ3) is 3.76. The molecule has 0 saturated carbocycles. The van der Waals surface area contributed by atoms with Crippen molar-refractivity contribution < 1.29 is 19.1 Å². The van der Waals surface area contributed by atoms with Gasteiger partial charge in [0.2, 0.25) is 0 Å². The number of hydrogen-bond donors (Lipinski definition) is 3. The molecular formula is C13H12FN3O3S. The summed E-state index contributed by atoms with van der Waals surface area (Å²) in [6.07, 6.45) is 0. The first-order valence-corrected chi connectivity index (χ1v) is 6.83. The molecule has 2 rings (SSSR count). The number of urea groups is 1. The Morgan fingerprint density at radius 1 is 1.43 bits per heavy atom. The number of carboxylic acid groups (broad SMARTS) is 1. The van der Waals surface area contributed by atoms with Crippen molar-refractivity contribution in [3.63, 3.8) is 0 Å². The molecule has 2 aromatic rings. The van der Waals surface area contributed by atoms with Crippen LogP contribution >= 0.6 is 11.3 Å². The molecule has 0 saturated heterocycles. The summed E-state index contributed by atoms with van der Waals surface area (Å²) in [5.74, 6) is -1.52. The standard InChI is InChI=1S/C13H12FN3O3S/c1-7-8(14)3-2-4-9(7)17-13(20)15-5-11-16-10(6-21-11)12(18)19/h2-4,6H,5H2,1H3,(H,18,19)(H2,15,17,20). The number of hydrogen-bond acceptors (Lipinski definition) is 4. The molecule has 0 aliphatic carbocycles. The van der Waals surface area contributed by atoms with E-state index in [0.717, 1.165) is 11.3 Å². The van der Waals surface area contributed by atoms with Crippen LogP contribution in [-0.4, -0.2) is 22.1 Å². The van der Waals surface area contributed by atoms with Gasteiger partial charge in [0.25, 0.3) is 0 Å². The van der Waals surface area contributed by atoms with Crippen molar-refractivity contribution >= 4 is 29.0 Å². The van der Waals surface area contributed by atoms with Gasteiger partial charge < -0.3 is 15.7 Å². The third-order valence-corrected chi connectivity index (χ3v) is 3.54. The zero-order valence-corrected chi connectivity index (χ0v) is 11.8. The largest absolute Gasteiger partial charge is 0.476 e. The van der Waals surface area contributed by atoms with E-state index in [9.17, 15) is 14.0 Å². The van der Waals surface area contributed by atoms with E-state index < -0.39 is 17.8 Å². The van der Waals surface area contributed by atoms with Gasteiger partial charge in [-0.05, 0) is 19.1 Å². The zero-order valence-electron chi connectivity index (χ0n) is 11.0. The Labute approximate surface area is 123 Å². The highest BCUT2D eigenvalue weighted by atomic mass is 32.1. The number of carbonyl (C=O) groups excluding carboxylic acids is 1. The van der Waals surface area contributed by atoms with Crippen LogP contribution in [0.4, 0.5) is 14.9 Å². The highest BCUT2D eigenvalue weighted by molar-refractivity contribution is 7.09. The number of halogens is 1. The molecule has 0 fully saturated rings. The zero-order chi connectivity index (χ0) is 15.4. The predicted octanol–water partition coefficient (Wildman–Crippen LogP) is 2.61. The van der Waals surface area contributed by atoms with E-state index in [1.165, 1.54) is 17.5 Å². The Kier molecular flexibility index (Phi) is 4.49. The molecule has 0 unspecified atom stereocenters. The number of benzene rings is 1. The van der Waals surface area contributed by atoms with Gasteiger partial charge in [-0.15, -0.1) is 11.3 Å². The summed E-state index contributed by atoms with van der Waals surface area (Å²) in [7, 11) is 0. The van der Waals surface area contributed by atoms with E-state index in [4.69, 9.17) is 5.11 Å². The number of rotatable bonds is 4. The van der Waals surface area contributed by atoms with Gasteiger partial charge in [-0.1, -0.05) is 6.07 Å². The molecule has 0 spiro atoms. The van der Waals surface area contributed by atoms with Crippen molar-refractivity contribution in [3.05, 3.63) is 45.7 Å². The molecule has 8 heteroatoms. The van der Waals surface area contributed by atoms with E-state index in [1.54, 1.807) is 13.0 Å². The number of anilines is 1. The molecule has 6 nitrogen and oxygen atoms in total. The second kappa shape index (κ2) is 6.31. The van der Waals surface area contributed by atoms with Gasteiger partial charge in [-0.3, -0.25) is 0 Å². The van der Waals surface area contributed by atoms with Crippen molar-refractivity contribution in [1.29, 1.82) is 0 Å². The van der Waals surface area contributed by atoms with E-state index in [2.05, 4.69) is 15.6 Å². The van der Waals surface area contributed by atoms with Crippen LogP contribution in [0, 0.1) is 12.7 Å². The fourth-order valence-electron chi connectivity index (χ4n) is 1.56. The molecule has 0 aliphatic heterocycles. The van der Waals surface area contributed by atoms with Crippen molar-refractivity contribution in [1.82, 2.24) is 10.3 Å². The number of carboxylic acids is 1. The van der Waals surface area contributed by atoms with E-state index >= 15 is 0 Å². The van der Waals surface area contributed by atoms with E-state index in [0.29, 0.717) is 16.3 Å².